The Kier molecular flexibility index (Phi) is 5.55. The van der Waals surface area contributed by atoms with Crippen LogP contribution in [-0.2, 0) is 0 Å². The van der Waals surface area contributed by atoms with Crippen molar-refractivity contribution in [3.8, 4) is 33.4 Å². The van der Waals surface area contributed by atoms with Crippen LogP contribution in [0.1, 0.15) is 16.7 Å². The Labute approximate surface area is 247 Å². The molecule has 0 aliphatic heterocycles. The number of hydrogen-bond acceptors (Lipinski definition) is 1. The van der Waals surface area contributed by atoms with Gasteiger partial charge in [0, 0.05) is 17.1 Å². The smallest absolute Gasteiger partial charge is 0.0490 e. The molecule has 0 amide bonds. The summed E-state index contributed by atoms with van der Waals surface area (Å²) in [6.07, 6.45) is 0. The van der Waals surface area contributed by atoms with Crippen LogP contribution in [0.3, 0.4) is 0 Å². The van der Waals surface area contributed by atoms with E-state index in [9.17, 15) is 0 Å². The second-order valence-corrected chi connectivity index (χ2v) is 11.6. The van der Waals surface area contributed by atoms with Crippen molar-refractivity contribution in [2.45, 2.75) is 20.8 Å². The van der Waals surface area contributed by atoms with Crippen LogP contribution in [0.25, 0.3) is 54.9 Å². The van der Waals surface area contributed by atoms with Crippen molar-refractivity contribution in [1.82, 2.24) is 0 Å². The van der Waals surface area contributed by atoms with E-state index in [1.807, 2.05) is 0 Å². The average Bonchev–Trinajstić information content (AvgIpc) is 3.02. The van der Waals surface area contributed by atoms with Gasteiger partial charge in [0.1, 0.15) is 0 Å². The third-order valence-corrected chi connectivity index (χ3v) is 8.99. The number of fused-ring (bicyclic) bond motifs is 6. The summed E-state index contributed by atoms with van der Waals surface area (Å²) in [5.41, 5.74) is 15.3. The SMILES string of the molecule is Cc1ccc(N(c2ccc3cc4c(cc3c2)-c2cc3ccc(-c5ccccc5)cc3cc2-4)c2ccccc2C)cc1C. The van der Waals surface area contributed by atoms with Gasteiger partial charge in [-0.3, -0.25) is 0 Å². The Morgan fingerprint density at radius 2 is 0.929 bits per heavy atom. The monoisotopic (exact) mass is 537 g/mol. The van der Waals surface area contributed by atoms with E-state index in [1.165, 1.54) is 88.7 Å². The molecule has 0 radical (unpaired) electrons. The molecule has 1 aliphatic rings. The molecule has 0 atom stereocenters. The summed E-state index contributed by atoms with van der Waals surface area (Å²) < 4.78 is 0. The van der Waals surface area contributed by atoms with Crippen LogP contribution < -0.4 is 4.90 Å². The maximum Gasteiger partial charge on any atom is 0.0490 e. The summed E-state index contributed by atoms with van der Waals surface area (Å²) in [5, 5.41) is 5.11. The number of nitrogens with zero attached hydrogens (tertiary/aromatic N) is 1. The van der Waals surface area contributed by atoms with Crippen LogP contribution in [0.5, 0.6) is 0 Å². The van der Waals surface area contributed by atoms with Crippen LogP contribution in [-0.4, -0.2) is 0 Å². The Morgan fingerprint density at radius 1 is 0.357 bits per heavy atom. The summed E-state index contributed by atoms with van der Waals surface area (Å²) in [4.78, 5) is 2.40. The molecule has 1 nitrogen and oxygen atoms in total. The van der Waals surface area contributed by atoms with Gasteiger partial charge in [0.2, 0.25) is 0 Å². The molecule has 1 heteroatoms. The zero-order valence-electron chi connectivity index (χ0n) is 24.1. The highest BCUT2D eigenvalue weighted by molar-refractivity contribution is 6.12. The Morgan fingerprint density at radius 3 is 1.62 bits per heavy atom. The van der Waals surface area contributed by atoms with Gasteiger partial charge in [-0.2, -0.15) is 0 Å². The van der Waals surface area contributed by atoms with E-state index >= 15 is 0 Å². The normalized spacial score (nSPS) is 11.7. The van der Waals surface area contributed by atoms with Crippen molar-refractivity contribution in [1.29, 1.82) is 0 Å². The second kappa shape index (κ2) is 9.46. The molecule has 0 spiro atoms. The van der Waals surface area contributed by atoms with Crippen LogP contribution in [0.15, 0.2) is 133 Å². The van der Waals surface area contributed by atoms with Gasteiger partial charge in [0.05, 0.1) is 0 Å². The number of rotatable bonds is 4. The van der Waals surface area contributed by atoms with Crippen LogP contribution >= 0.6 is 0 Å². The fourth-order valence-corrected chi connectivity index (χ4v) is 6.47. The van der Waals surface area contributed by atoms with E-state index < -0.39 is 0 Å². The lowest BCUT2D eigenvalue weighted by Gasteiger charge is -2.29. The van der Waals surface area contributed by atoms with E-state index in [0.29, 0.717) is 0 Å². The predicted octanol–water partition coefficient (Wildman–Crippen LogP) is 11.7. The lowest BCUT2D eigenvalue weighted by molar-refractivity contribution is 1.23. The molecule has 0 unspecified atom stereocenters. The second-order valence-electron chi connectivity index (χ2n) is 11.6. The maximum atomic E-state index is 2.40. The quantitative estimate of drug-likeness (QED) is 0.216. The molecule has 0 fully saturated rings. The fourth-order valence-electron chi connectivity index (χ4n) is 6.47. The molecule has 0 aromatic heterocycles. The van der Waals surface area contributed by atoms with Gasteiger partial charge in [0.15, 0.2) is 0 Å². The highest BCUT2D eigenvalue weighted by atomic mass is 15.1. The van der Waals surface area contributed by atoms with E-state index in [2.05, 4.69) is 159 Å². The molecular weight excluding hydrogens is 506 g/mol. The molecule has 0 bridgehead atoms. The topological polar surface area (TPSA) is 3.24 Å². The Balaban J connectivity index is 1.23. The molecule has 7 aromatic rings. The molecule has 1 aliphatic carbocycles. The van der Waals surface area contributed by atoms with Crippen molar-refractivity contribution in [3.63, 3.8) is 0 Å². The van der Waals surface area contributed by atoms with Gasteiger partial charge < -0.3 is 4.90 Å². The van der Waals surface area contributed by atoms with E-state index in [1.54, 1.807) is 0 Å². The predicted molar refractivity (Wildman–Crippen MR) is 180 cm³/mol. The molecule has 0 heterocycles. The molecule has 200 valence electrons. The minimum absolute atomic E-state index is 1.17. The van der Waals surface area contributed by atoms with Crippen molar-refractivity contribution >= 4 is 38.6 Å². The number of benzene rings is 7. The van der Waals surface area contributed by atoms with Crippen LogP contribution in [0.4, 0.5) is 17.1 Å². The standard InChI is InChI=1S/C41H31N/c1-26-13-17-35(19-28(26)3)42(41-12-8-7-9-27(41)2)36-18-16-32-23-38-39-24-33-20-30(29-10-5-4-6-11-29)14-15-31(33)22-37(39)40(38)25-34(32)21-36/h4-25H,1-3H3. The Hall–Kier alpha value is -5.14. The first-order valence-corrected chi connectivity index (χ1v) is 14.7. The van der Waals surface area contributed by atoms with Crippen molar-refractivity contribution in [3.05, 3.63) is 150 Å². The fraction of sp³-hybridized carbons (Fsp3) is 0.0732. The van der Waals surface area contributed by atoms with Crippen molar-refractivity contribution in [2.24, 2.45) is 0 Å². The van der Waals surface area contributed by atoms with Gasteiger partial charge in [-0.1, -0.05) is 72.8 Å². The number of aryl methyl sites for hydroxylation is 3. The minimum atomic E-state index is 1.17. The van der Waals surface area contributed by atoms with Gasteiger partial charge in [0.25, 0.3) is 0 Å². The maximum absolute atomic E-state index is 2.40. The first-order valence-electron chi connectivity index (χ1n) is 14.7. The summed E-state index contributed by atoms with van der Waals surface area (Å²) in [6.45, 7) is 6.56. The highest BCUT2D eigenvalue weighted by Gasteiger charge is 2.24. The van der Waals surface area contributed by atoms with Crippen LogP contribution in [0, 0.1) is 20.8 Å². The summed E-state index contributed by atoms with van der Waals surface area (Å²) in [7, 11) is 0. The van der Waals surface area contributed by atoms with Crippen LogP contribution in [0.2, 0.25) is 0 Å². The first-order chi connectivity index (χ1) is 20.5. The largest absolute Gasteiger partial charge is 0.310 e. The third-order valence-electron chi connectivity index (χ3n) is 8.99. The van der Waals surface area contributed by atoms with E-state index in [0.717, 1.165) is 0 Å². The zero-order valence-corrected chi connectivity index (χ0v) is 24.1. The van der Waals surface area contributed by atoms with E-state index in [-0.39, 0.29) is 0 Å². The third kappa shape index (κ3) is 3.93. The van der Waals surface area contributed by atoms with Gasteiger partial charge >= 0.3 is 0 Å². The number of hydrogen-bond donors (Lipinski definition) is 0. The molecule has 42 heavy (non-hydrogen) atoms. The summed E-state index contributed by atoms with van der Waals surface area (Å²) in [5.74, 6) is 0. The van der Waals surface area contributed by atoms with Gasteiger partial charge in [-0.05, 0) is 153 Å². The van der Waals surface area contributed by atoms with E-state index in [4.69, 9.17) is 0 Å². The zero-order chi connectivity index (χ0) is 28.4. The number of anilines is 3. The van der Waals surface area contributed by atoms with Gasteiger partial charge in [-0.25, -0.2) is 0 Å². The van der Waals surface area contributed by atoms with Crippen molar-refractivity contribution in [2.75, 3.05) is 4.90 Å². The summed E-state index contributed by atoms with van der Waals surface area (Å²) >= 11 is 0. The molecule has 0 N–H and O–H groups in total. The van der Waals surface area contributed by atoms with Gasteiger partial charge in [-0.15, -0.1) is 0 Å². The molecule has 8 rings (SSSR count). The number of para-hydroxylation sites is 1. The van der Waals surface area contributed by atoms with Crippen molar-refractivity contribution < 1.29 is 0 Å². The molecule has 0 saturated heterocycles. The first kappa shape index (κ1) is 24.6. The highest BCUT2D eigenvalue weighted by Crippen LogP contribution is 2.51. The summed E-state index contributed by atoms with van der Waals surface area (Å²) in [6, 6.07) is 49.3. The molecule has 7 aromatic carbocycles. The molecule has 0 saturated carbocycles. The minimum Gasteiger partial charge on any atom is -0.310 e. The lowest BCUT2D eigenvalue weighted by Crippen LogP contribution is -2.11. The molecular formula is C41H31N. The average molecular weight is 538 g/mol. The lowest BCUT2D eigenvalue weighted by atomic mass is 9.77. The Bertz CT molecular complexity index is 2170.